The van der Waals surface area contributed by atoms with Gasteiger partial charge in [0.1, 0.15) is 6.23 Å². The summed E-state index contributed by atoms with van der Waals surface area (Å²) in [5.41, 5.74) is 4.68. The van der Waals surface area contributed by atoms with Crippen LogP contribution in [0.25, 0.3) is 0 Å². The second-order valence-corrected chi connectivity index (χ2v) is 3.03. The molecule has 5 heteroatoms. The van der Waals surface area contributed by atoms with Crippen molar-refractivity contribution in [3.8, 4) is 0 Å². The molecule has 0 saturated carbocycles. The molecule has 1 heterocycles. The molecule has 2 atom stereocenters. The number of carbonyl (C=O) groups is 1. The molecule has 0 aromatic heterocycles. The molecular weight excluding hydrogens is 188 g/mol. The zero-order valence-corrected chi connectivity index (χ0v) is 6.18. The first-order chi connectivity index (χ1) is 4.20. The van der Waals surface area contributed by atoms with E-state index in [1.54, 1.807) is 0 Å². The normalized spacial score (nSPS) is 36.0. The second kappa shape index (κ2) is 2.64. The Labute approximate surface area is 60.7 Å². The second-order valence-electron chi connectivity index (χ2n) is 1.86. The lowest BCUT2D eigenvalue weighted by atomic mass is 10.2. The SMILES string of the molecule is O=C1CC(Br)C(O)NN1. The highest BCUT2D eigenvalue weighted by atomic mass is 79.9. The number of alkyl halides is 1. The summed E-state index contributed by atoms with van der Waals surface area (Å²) in [6.45, 7) is 0. The Kier molecular flexibility index (Phi) is 2.05. The zero-order chi connectivity index (χ0) is 6.85. The monoisotopic (exact) mass is 194 g/mol. The molecule has 0 aromatic carbocycles. The fourth-order valence-electron chi connectivity index (χ4n) is 0.585. The molecule has 1 rings (SSSR count). The summed E-state index contributed by atoms with van der Waals surface area (Å²) in [6, 6.07) is 0. The summed E-state index contributed by atoms with van der Waals surface area (Å²) in [4.78, 5) is 10.3. The van der Waals surface area contributed by atoms with Crippen molar-refractivity contribution in [3.63, 3.8) is 0 Å². The van der Waals surface area contributed by atoms with Crippen LogP contribution in [-0.2, 0) is 4.79 Å². The van der Waals surface area contributed by atoms with Crippen LogP contribution in [0, 0.1) is 0 Å². The van der Waals surface area contributed by atoms with Gasteiger partial charge in [-0.1, -0.05) is 15.9 Å². The van der Waals surface area contributed by atoms with Crippen molar-refractivity contribution < 1.29 is 9.90 Å². The fourth-order valence-corrected chi connectivity index (χ4v) is 1.01. The molecule has 0 spiro atoms. The van der Waals surface area contributed by atoms with E-state index in [0.717, 1.165) is 0 Å². The number of halogens is 1. The van der Waals surface area contributed by atoms with Crippen LogP contribution >= 0.6 is 15.9 Å². The van der Waals surface area contributed by atoms with Crippen molar-refractivity contribution in [2.75, 3.05) is 0 Å². The van der Waals surface area contributed by atoms with E-state index in [1.807, 2.05) is 0 Å². The molecule has 52 valence electrons. The Morgan fingerprint density at radius 1 is 1.78 bits per heavy atom. The van der Waals surface area contributed by atoms with Gasteiger partial charge in [-0.15, -0.1) is 0 Å². The van der Waals surface area contributed by atoms with Gasteiger partial charge in [0.2, 0.25) is 5.91 Å². The number of hydrazine groups is 1. The van der Waals surface area contributed by atoms with Gasteiger partial charge in [-0.3, -0.25) is 10.2 Å². The molecule has 1 aliphatic rings. The highest BCUT2D eigenvalue weighted by molar-refractivity contribution is 9.09. The van der Waals surface area contributed by atoms with Crippen LogP contribution in [0.1, 0.15) is 6.42 Å². The molecule has 4 nitrogen and oxygen atoms in total. The number of aliphatic hydroxyl groups excluding tert-OH is 1. The molecule has 1 aliphatic heterocycles. The molecule has 2 unspecified atom stereocenters. The number of hydrogen-bond donors (Lipinski definition) is 3. The predicted octanol–water partition coefficient (Wildman–Crippen LogP) is -0.907. The highest BCUT2D eigenvalue weighted by Gasteiger charge is 2.23. The minimum atomic E-state index is -0.678. The van der Waals surface area contributed by atoms with Crippen LogP contribution < -0.4 is 10.9 Å². The number of nitrogens with one attached hydrogen (secondary N) is 2. The first kappa shape index (κ1) is 6.98. The quantitative estimate of drug-likeness (QED) is 0.438. The molecule has 3 N–H and O–H groups in total. The largest absolute Gasteiger partial charge is 0.376 e. The molecule has 1 amide bonds. The van der Waals surface area contributed by atoms with Crippen LogP contribution in [0.4, 0.5) is 0 Å². The van der Waals surface area contributed by atoms with Crippen LogP contribution in [0.3, 0.4) is 0 Å². The first-order valence-electron chi connectivity index (χ1n) is 2.56. The average molecular weight is 195 g/mol. The Morgan fingerprint density at radius 3 is 2.89 bits per heavy atom. The maximum absolute atomic E-state index is 10.5. The van der Waals surface area contributed by atoms with Crippen molar-refractivity contribution in [2.24, 2.45) is 0 Å². The van der Waals surface area contributed by atoms with Gasteiger partial charge >= 0.3 is 0 Å². The molecule has 0 aromatic rings. The van der Waals surface area contributed by atoms with Crippen LogP contribution in [0.5, 0.6) is 0 Å². The number of rotatable bonds is 0. The third kappa shape index (κ3) is 1.64. The highest BCUT2D eigenvalue weighted by Crippen LogP contribution is 2.10. The van der Waals surface area contributed by atoms with Crippen molar-refractivity contribution >= 4 is 21.8 Å². The smallest absolute Gasteiger partial charge is 0.235 e. The Balaban J connectivity index is 2.44. The molecular formula is C4H7BrN2O2. The lowest BCUT2D eigenvalue weighted by Crippen LogP contribution is -2.54. The van der Waals surface area contributed by atoms with E-state index >= 15 is 0 Å². The summed E-state index contributed by atoms with van der Waals surface area (Å²) in [6.07, 6.45) is -0.364. The minimum Gasteiger partial charge on any atom is -0.376 e. The van der Waals surface area contributed by atoms with Gasteiger partial charge in [0.25, 0.3) is 0 Å². The first-order valence-corrected chi connectivity index (χ1v) is 3.48. The standard InChI is InChI=1S/C4H7BrN2O2/c5-2-1-3(8)6-7-4(2)9/h2,4,7,9H,1H2,(H,6,8). The molecule has 1 saturated heterocycles. The van der Waals surface area contributed by atoms with Gasteiger partial charge in [-0.25, -0.2) is 5.43 Å². The van der Waals surface area contributed by atoms with Gasteiger partial charge in [-0.05, 0) is 0 Å². The van der Waals surface area contributed by atoms with E-state index in [1.165, 1.54) is 0 Å². The third-order valence-electron chi connectivity index (χ3n) is 1.08. The number of amides is 1. The van der Waals surface area contributed by atoms with Crippen molar-refractivity contribution in [1.82, 2.24) is 10.9 Å². The number of carbonyl (C=O) groups excluding carboxylic acids is 1. The summed E-state index contributed by atoms with van der Waals surface area (Å²) >= 11 is 3.12. The van der Waals surface area contributed by atoms with Crippen LogP contribution in [0.2, 0.25) is 0 Å². The molecule has 0 bridgehead atoms. The third-order valence-corrected chi connectivity index (χ3v) is 1.91. The lowest BCUT2D eigenvalue weighted by molar-refractivity contribution is -0.126. The molecule has 0 radical (unpaired) electrons. The maximum atomic E-state index is 10.5. The van der Waals surface area contributed by atoms with Crippen LogP contribution in [-0.4, -0.2) is 22.1 Å². The van der Waals surface area contributed by atoms with Gasteiger partial charge in [0.15, 0.2) is 0 Å². The van der Waals surface area contributed by atoms with E-state index in [4.69, 9.17) is 5.11 Å². The van der Waals surface area contributed by atoms with Gasteiger partial charge in [0, 0.05) is 6.42 Å². The van der Waals surface area contributed by atoms with Crippen LogP contribution in [0.15, 0.2) is 0 Å². The summed E-state index contributed by atoms with van der Waals surface area (Å²) in [5, 5.41) is 8.92. The Bertz CT molecular complexity index is 130. The maximum Gasteiger partial charge on any atom is 0.235 e. The van der Waals surface area contributed by atoms with Crippen molar-refractivity contribution in [3.05, 3.63) is 0 Å². The van der Waals surface area contributed by atoms with E-state index in [2.05, 4.69) is 26.8 Å². The van der Waals surface area contributed by atoms with Gasteiger partial charge in [-0.2, -0.15) is 0 Å². The number of aliphatic hydroxyl groups is 1. The summed E-state index contributed by atoms with van der Waals surface area (Å²) < 4.78 is 0. The topological polar surface area (TPSA) is 61.4 Å². The summed E-state index contributed by atoms with van der Waals surface area (Å²) in [7, 11) is 0. The van der Waals surface area contributed by atoms with Crippen molar-refractivity contribution in [2.45, 2.75) is 17.5 Å². The molecule has 9 heavy (non-hydrogen) atoms. The van der Waals surface area contributed by atoms with E-state index in [9.17, 15) is 4.79 Å². The lowest BCUT2D eigenvalue weighted by Gasteiger charge is -2.23. The number of hydrogen-bond acceptors (Lipinski definition) is 3. The molecule has 0 aliphatic carbocycles. The average Bonchev–Trinajstić information content (AvgIpc) is 1.80. The van der Waals surface area contributed by atoms with E-state index in [-0.39, 0.29) is 10.7 Å². The predicted molar refractivity (Wildman–Crippen MR) is 34.6 cm³/mol. The van der Waals surface area contributed by atoms with Gasteiger partial charge in [0.05, 0.1) is 4.83 Å². The minimum absolute atomic E-state index is 0.109. The van der Waals surface area contributed by atoms with E-state index < -0.39 is 6.23 Å². The zero-order valence-electron chi connectivity index (χ0n) is 4.60. The Morgan fingerprint density at radius 2 is 2.44 bits per heavy atom. The summed E-state index contributed by atoms with van der Waals surface area (Å²) in [5.74, 6) is -0.109. The van der Waals surface area contributed by atoms with Gasteiger partial charge < -0.3 is 5.11 Å². The molecule has 1 fully saturated rings. The Hall–Kier alpha value is -0.130. The van der Waals surface area contributed by atoms with Crippen molar-refractivity contribution in [1.29, 1.82) is 0 Å². The fraction of sp³-hybridized carbons (Fsp3) is 0.750. The van der Waals surface area contributed by atoms with E-state index in [0.29, 0.717) is 6.42 Å².